The number of hydrogen-bond acceptors (Lipinski definition) is 2. The monoisotopic (exact) mass is 398 g/mol. The van der Waals surface area contributed by atoms with E-state index in [1.807, 2.05) is 0 Å². The van der Waals surface area contributed by atoms with Crippen LogP contribution in [0.2, 0.25) is 0 Å². The zero-order valence-electron chi connectivity index (χ0n) is 4.17. The molecule has 0 aliphatic rings. The molecule has 0 unspecified atom stereocenters. The molecule has 9 heteroatoms. The van der Waals surface area contributed by atoms with E-state index in [9.17, 15) is 0 Å². The van der Waals surface area contributed by atoms with Crippen LogP contribution in [0.3, 0.4) is 0 Å². The maximum absolute atomic E-state index is 8.74. The van der Waals surface area contributed by atoms with Crippen LogP contribution in [0.25, 0.3) is 0 Å². The minimum atomic E-state index is -4.67. The van der Waals surface area contributed by atoms with E-state index >= 15 is 0 Å². The first kappa shape index (κ1) is 30.1. The fraction of sp³-hybridized carbons (Fsp3) is 0. The third-order valence-electron chi connectivity index (χ3n) is 0. The summed E-state index contributed by atoms with van der Waals surface area (Å²) in [6.45, 7) is 0. The summed E-state index contributed by atoms with van der Waals surface area (Å²) in [5, 5.41) is 0. The van der Waals surface area contributed by atoms with Gasteiger partial charge in [-0.1, -0.05) is 0 Å². The first-order chi connectivity index (χ1) is 2.00. The van der Waals surface area contributed by atoms with Crippen molar-refractivity contribution >= 4 is 10.4 Å². The second-order valence-corrected chi connectivity index (χ2v) is 1.34. The first-order valence-corrected chi connectivity index (χ1v) is 2.10. The van der Waals surface area contributed by atoms with Crippen LogP contribution in [0.4, 0.5) is 0 Å². The summed E-state index contributed by atoms with van der Waals surface area (Å²) in [5.41, 5.74) is 0. The molecule has 0 aromatic heterocycles. The molecule has 0 aliphatic heterocycles. The molecule has 0 saturated heterocycles. The molecule has 0 heterocycles. The van der Waals surface area contributed by atoms with Crippen LogP contribution < -0.4 is 0 Å². The molecule has 0 atom stereocenters. The van der Waals surface area contributed by atoms with E-state index in [-0.39, 0.29) is 80.6 Å². The van der Waals surface area contributed by atoms with Crippen molar-refractivity contribution in [3.63, 3.8) is 0 Å². The van der Waals surface area contributed by atoms with Gasteiger partial charge in [0.25, 0.3) is 0 Å². The molecular formula is H2CdCoCuO4SZn. The predicted molar refractivity (Wildman–Crippen MR) is 14.2 cm³/mol. The summed E-state index contributed by atoms with van der Waals surface area (Å²) >= 11 is 0. The Bertz CT molecular complexity index is 104. The van der Waals surface area contributed by atoms with Crippen LogP contribution in [0.5, 0.6) is 0 Å². The zero-order chi connectivity index (χ0) is 4.50. The van der Waals surface area contributed by atoms with Crippen LogP contribution in [0, 0.1) is 0 Å². The largest absolute Gasteiger partial charge is 0.394 e. The summed E-state index contributed by atoms with van der Waals surface area (Å²) in [4.78, 5) is 0. The van der Waals surface area contributed by atoms with Gasteiger partial charge in [-0.15, -0.1) is 0 Å². The minimum absolute atomic E-state index is 0. The van der Waals surface area contributed by atoms with E-state index < -0.39 is 10.4 Å². The van der Waals surface area contributed by atoms with Gasteiger partial charge in [0, 0.05) is 80.6 Å². The van der Waals surface area contributed by atoms with Crippen molar-refractivity contribution in [2.45, 2.75) is 0 Å². The average molecular weight is 398 g/mol. The number of rotatable bonds is 0. The fourth-order valence-corrected chi connectivity index (χ4v) is 0. The molecule has 0 saturated carbocycles. The third-order valence-corrected chi connectivity index (χ3v) is 0. The van der Waals surface area contributed by atoms with Gasteiger partial charge in [0.15, 0.2) is 0 Å². The maximum atomic E-state index is 8.74. The van der Waals surface area contributed by atoms with Gasteiger partial charge in [-0.05, 0) is 0 Å². The van der Waals surface area contributed by atoms with E-state index in [4.69, 9.17) is 17.5 Å². The van der Waals surface area contributed by atoms with Crippen LogP contribution >= 0.6 is 0 Å². The van der Waals surface area contributed by atoms with Gasteiger partial charge >= 0.3 is 10.4 Å². The number of hydrogen-bond donors (Lipinski definition) is 2. The van der Waals surface area contributed by atoms with E-state index in [1.165, 1.54) is 0 Å². The molecule has 56 valence electrons. The van der Waals surface area contributed by atoms with Gasteiger partial charge in [0.1, 0.15) is 0 Å². The van der Waals surface area contributed by atoms with E-state index in [1.54, 1.807) is 0 Å². The molecule has 0 aliphatic carbocycles. The molecule has 4 nitrogen and oxygen atoms in total. The Morgan fingerprint density at radius 3 is 1.11 bits per heavy atom. The molecule has 0 amide bonds. The summed E-state index contributed by atoms with van der Waals surface area (Å²) < 4.78 is 31.6. The molecule has 0 aromatic rings. The molecule has 2 radical (unpaired) electrons. The van der Waals surface area contributed by atoms with E-state index in [0.717, 1.165) is 0 Å². The molecule has 0 spiro atoms. The van der Waals surface area contributed by atoms with Crippen molar-refractivity contribution in [1.29, 1.82) is 0 Å². The van der Waals surface area contributed by atoms with Gasteiger partial charge in [-0.25, -0.2) is 0 Å². The van der Waals surface area contributed by atoms with Crippen LogP contribution in [0.1, 0.15) is 0 Å². The summed E-state index contributed by atoms with van der Waals surface area (Å²) in [7, 11) is -4.67. The van der Waals surface area contributed by atoms with Crippen molar-refractivity contribution in [3.05, 3.63) is 0 Å². The quantitative estimate of drug-likeness (QED) is 0.420. The normalized spacial score (nSPS) is 6.44. The Hall–Kier alpha value is 2.44. The molecular weight excluding hydrogens is 396 g/mol. The van der Waals surface area contributed by atoms with Crippen LogP contribution in [-0.4, -0.2) is 17.5 Å². The molecule has 2 N–H and O–H groups in total. The van der Waals surface area contributed by atoms with Crippen molar-refractivity contribution in [2.75, 3.05) is 0 Å². The van der Waals surface area contributed by atoms with Gasteiger partial charge in [0.05, 0.1) is 0 Å². The Kier molecular flexibility index (Phi) is 43.6. The first-order valence-electron chi connectivity index (χ1n) is 0.698. The Labute approximate surface area is 107 Å². The van der Waals surface area contributed by atoms with E-state index in [2.05, 4.69) is 0 Å². The van der Waals surface area contributed by atoms with Crippen molar-refractivity contribution < 1.29 is 98.1 Å². The standard InChI is InChI=1S/Cd.Co.Cu.H2O4S.Zn/c;;;1-5(2,3)4;/h;;;(H2,1,2,3,4);. The molecule has 0 bridgehead atoms. The Morgan fingerprint density at radius 2 is 1.11 bits per heavy atom. The minimum Gasteiger partial charge on any atom is -0.264 e. The smallest absolute Gasteiger partial charge is 0.264 e. The maximum Gasteiger partial charge on any atom is 0.394 e. The van der Waals surface area contributed by atoms with Gasteiger partial charge < -0.3 is 0 Å². The zero-order valence-corrected chi connectivity index (χ0v) is 14.0. The topological polar surface area (TPSA) is 74.6 Å². The average Bonchev–Trinajstić information content (AvgIpc) is 0.722. The second kappa shape index (κ2) is 13.1. The summed E-state index contributed by atoms with van der Waals surface area (Å²) in [6.07, 6.45) is 0. The molecule has 0 fully saturated rings. The summed E-state index contributed by atoms with van der Waals surface area (Å²) in [6, 6.07) is 0. The van der Waals surface area contributed by atoms with Crippen molar-refractivity contribution in [2.24, 2.45) is 0 Å². The molecule has 9 heavy (non-hydrogen) atoms. The Balaban J connectivity index is -0.0000000133. The van der Waals surface area contributed by atoms with E-state index in [0.29, 0.717) is 0 Å². The fourth-order valence-electron chi connectivity index (χ4n) is 0. The SMILES string of the molecule is O=S(=O)(O)O.[Cd].[Co].[Cu].[Zn]. The second-order valence-electron chi connectivity index (χ2n) is 0.448. The van der Waals surface area contributed by atoms with Crippen molar-refractivity contribution in [3.8, 4) is 0 Å². The van der Waals surface area contributed by atoms with Crippen LogP contribution in [0.15, 0.2) is 0 Å². The van der Waals surface area contributed by atoms with Gasteiger partial charge in [-0.2, -0.15) is 8.42 Å². The van der Waals surface area contributed by atoms with Crippen LogP contribution in [-0.2, 0) is 91.0 Å². The molecule has 0 aromatic carbocycles. The van der Waals surface area contributed by atoms with Gasteiger partial charge in [-0.3, -0.25) is 9.11 Å². The Morgan fingerprint density at radius 1 is 1.11 bits per heavy atom. The molecule has 0 rings (SSSR count). The van der Waals surface area contributed by atoms with Crippen molar-refractivity contribution in [1.82, 2.24) is 0 Å². The van der Waals surface area contributed by atoms with Gasteiger partial charge in [0.2, 0.25) is 0 Å². The predicted octanol–water partition coefficient (Wildman–Crippen LogP) is -0.663. The summed E-state index contributed by atoms with van der Waals surface area (Å²) in [5.74, 6) is 0. The third kappa shape index (κ3) is 125.